The molecule has 0 aliphatic heterocycles. The molecule has 1 fully saturated rings. The summed E-state index contributed by atoms with van der Waals surface area (Å²) in [6.45, 7) is 0. The Kier molecular flexibility index (Phi) is 5.13. The number of pyridine rings is 1. The Bertz CT molecular complexity index is 446. The quantitative estimate of drug-likeness (QED) is 0.664. The fourth-order valence-corrected chi connectivity index (χ4v) is 2.88. The van der Waals surface area contributed by atoms with E-state index in [2.05, 4.69) is 26.2 Å². The summed E-state index contributed by atoms with van der Waals surface area (Å²) in [6, 6.07) is 1.92. The van der Waals surface area contributed by atoms with Gasteiger partial charge in [-0.15, -0.1) is 0 Å². The minimum Gasteiger partial charge on any atom is -0.366 e. The zero-order valence-electron chi connectivity index (χ0n) is 10.8. The van der Waals surface area contributed by atoms with E-state index in [1.165, 1.54) is 44.4 Å². The van der Waals surface area contributed by atoms with Crippen LogP contribution in [0.1, 0.15) is 44.9 Å². The van der Waals surface area contributed by atoms with E-state index in [1.807, 2.05) is 0 Å². The molecule has 1 saturated carbocycles. The highest BCUT2D eigenvalue weighted by Gasteiger charge is 2.15. The van der Waals surface area contributed by atoms with Gasteiger partial charge in [-0.05, 0) is 28.8 Å². The molecule has 1 aromatic rings. The molecule has 2 rings (SSSR count). The van der Waals surface area contributed by atoms with Gasteiger partial charge in [-0.3, -0.25) is 10.1 Å². The van der Waals surface area contributed by atoms with E-state index in [9.17, 15) is 10.1 Å². The summed E-state index contributed by atoms with van der Waals surface area (Å²) < 4.78 is 0.656. The summed E-state index contributed by atoms with van der Waals surface area (Å²) in [5.74, 6) is 0.705. The SMILES string of the molecule is O=[N+]([O-])c1cnc(NC2CCCCCCC2)c(Br)c1. The number of hydrogen-bond donors (Lipinski definition) is 1. The highest BCUT2D eigenvalue weighted by atomic mass is 79.9. The molecule has 1 heterocycles. The number of hydrogen-bond acceptors (Lipinski definition) is 4. The molecule has 0 radical (unpaired) electrons. The second-order valence-electron chi connectivity index (χ2n) is 4.97. The van der Waals surface area contributed by atoms with Crippen LogP contribution in [0.4, 0.5) is 11.5 Å². The van der Waals surface area contributed by atoms with Crippen LogP contribution in [-0.4, -0.2) is 15.9 Å². The van der Waals surface area contributed by atoms with Crippen LogP contribution in [0.25, 0.3) is 0 Å². The molecule has 6 heteroatoms. The van der Waals surface area contributed by atoms with Gasteiger partial charge in [-0.25, -0.2) is 4.98 Å². The molecular formula is C13H18BrN3O2. The maximum Gasteiger partial charge on any atom is 0.288 e. The van der Waals surface area contributed by atoms with Crippen molar-refractivity contribution in [3.05, 3.63) is 26.9 Å². The van der Waals surface area contributed by atoms with E-state index in [0.29, 0.717) is 16.3 Å². The van der Waals surface area contributed by atoms with Gasteiger partial charge in [0.15, 0.2) is 0 Å². The number of halogens is 1. The van der Waals surface area contributed by atoms with Crippen molar-refractivity contribution >= 4 is 27.4 Å². The third-order valence-corrected chi connectivity index (χ3v) is 4.09. The molecule has 1 N–H and O–H groups in total. The van der Waals surface area contributed by atoms with Crippen molar-refractivity contribution in [1.82, 2.24) is 4.98 Å². The summed E-state index contributed by atoms with van der Waals surface area (Å²) in [7, 11) is 0. The van der Waals surface area contributed by atoms with Crippen molar-refractivity contribution in [3.8, 4) is 0 Å². The largest absolute Gasteiger partial charge is 0.366 e. The van der Waals surface area contributed by atoms with Gasteiger partial charge in [0.1, 0.15) is 12.0 Å². The Morgan fingerprint density at radius 1 is 1.26 bits per heavy atom. The monoisotopic (exact) mass is 327 g/mol. The molecule has 0 bridgehead atoms. The Balaban J connectivity index is 2.03. The highest BCUT2D eigenvalue weighted by Crippen LogP contribution is 2.27. The average Bonchev–Trinajstić information content (AvgIpc) is 2.34. The van der Waals surface area contributed by atoms with Crippen LogP contribution in [0.3, 0.4) is 0 Å². The van der Waals surface area contributed by atoms with E-state index >= 15 is 0 Å². The smallest absolute Gasteiger partial charge is 0.288 e. The van der Waals surface area contributed by atoms with Crippen molar-refractivity contribution in [2.75, 3.05) is 5.32 Å². The number of rotatable bonds is 3. The molecule has 0 aromatic carbocycles. The molecule has 0 atom stereocenters. The normalized spacial score (nSPS) is 17.5. The Morgan fingerprint density at radius 2 is 1.89 bits per heavy atom. The molecule has 104 valence electrons. The van der Waals surface area contributed by atoms with Gasteiger partial charge >= 0.3 is 0 Å². The van der Waals surface area contributed by atoms with Crippen molar-refractivity contribution < 1.29 is 4.92 Å². The van der Waals surface area contributed by atoms with E-state index in [1.54, 1.807) is 0 Å². The molecule has 5 nitrogen and oxygen atoms in total. The summed E-state index contributed by atoms with van der Waals surface area (Å²) in [4.78, 5) is 14.4. The van der Waals surface area contributed by atoms with Crippen LogP contribution in [0.5, 0.6) is 0 Å². The summed E-state index contributed by atoms with van der Waals surface area (Å²) in [6.07, 6.45) is 10.0. The average molecular weight is 328 g/mol. The minimum atomic E-state index is -0.433. The maximum absolute atomic E-state index is 10.7. The first-order valence-corrected chi connectivity index (χ1v) is 7.52. The topological polar surface area (TPSA) is 68.1 Å². The second kappa shape index (κ2) is 6.84. The van der Waals surface area contributed by atoms with Crippen LogP contribution < -0.4 is 5.32 Å². The lowest BCUT2D eigenvalue weighted by atomic mass is 9.97. The van der Waals surface area contributed by atoms with Crippen LogP contribution >= 0.6 is 15.9 Å². The number of aromatic nitrogens is 1. The first-order chi connectivity index (χ1) is 9.16. The van der Waals surface area contributed by atoms with Gasteiger partial charge in [-0.1, -0.05) is 32.1 Å². The summed E-state index contributed by atoms with van der Waals surface area (Å²) >= 11 is 3.35. The van der Waals surface area contributed by atoms with Crippen molar-refractivity contribution in [1.29, 1.82) is 0 Å². The fourth-order valence-electron chi connectivity index (χ4n) is 2.43. The van der Waals surface area contributed by atoms with Gasteiger partial charge in [0.25, 0.3) is 5.69 Å². The zero-order valence-corrected chi connectivity index (χ0v) is 12.4. The van der Waals surface area contributed by atoms with E-state index in [-0.39, 0.29) is 5.69 Å². The number of anilines is 1. The number of nitro groups is 1. The molecular weight excluding hydrogens is 310 g/mol. The molecule has 0 spiro atoms. The van der Waals surface area contributed by atoms with E-state index < -0.39 is 4.92 Å². The van der Waals surface area contributed by atoms with Crippen molar-refractivity contribution in [2.24, 2.45) is 0 Å². The van der Waals surface area contributed by atoms with E-state index in [0.717, 1.165) is 12.8 Å². The van der Waals surface area contributed by atoms with Crippen LogP contribution in [0.15, 0.2) is 16.7 Å². The molecule has 1 aromatic heterocycles. The Labute approximate surface area is 121 Å². The fraction of sp³-hybridized carbons (Fsp3) is 0.615. The van der Waals surface area contributed by atoms with Gasteiger partial charge in [0.2, 0.25) is 0 Å². The predicted octanol–water partition coefficient (Wildman–Crippen LogP) is 4.28. The molecule has 1 aliphatic rings. The van der Waals surface area contributed by atoms with Crippen LogP contribution in [-0.2, 0) is 0 Å². The van der Waals surface area contributed by atoms with Crippen LogP contribution in [0.2, 0.25) is 0 Å². The Morgan fingerprint density at radius 3 is 2.47 bits per heavy atom. The van der Waals surface area contributed by atoms with Gasteiger partial charge in [0, 0.05) is 12.1 Å². The zero-order chi connectivity index (χ0) is 13.7. The lowest BCUT2D eigenvalue weighted by molar-refractivity contribution is -0.385. The summed E-state index contributed by atoms with van der Waals surface area (Å²) in [5, 5.41) is 14.1. The first-order valence-electron chi connectivity index (χ1n) is 6.73. The molecule has 0 amide bonds. The summed E-state index contributed by atoms with van der Waals surface area (Å²) in [5.41, 5.74) is 0.00934. The first kappa shape index (κ1) is 14.2. The number of nitrogens with one attached hydrogen (secondary N) is 1. The Hall–Kier alpha value is -1.17. The molecule has 0 unspecified atom stereocenters. The van der Waals surface area contributed by atoms with Gasteiger partial charge in [0.05, 0.1) is 9.40 Å². The predicted molar refractivity (Wildman–Crippen MR) is 78.3 cm³/mol. The molecule has 19 heavy (non-hydrogen) atoms. The van der Waals surface area contributed by atoms with Gasteiger partial charge < -0.3 is 5.32 Å². The minimum absolute atomic E-state index is 0.00934. The maximum atomic E-state index is 10.7. The second-order valence-corrected chi connectivity index (χ2v) is 5.82. The number of nitrogens with zero attached hydrogens (tertiary/aromatic N) is 2. The molecule has 0 saturated heterocycles. The standard InChI is InChI=1S/C13H18BrN3O2/c14-12-8-11(17(18)19)9-15-13(12)16-10-6-4-2-1-3-5-7-10/h8-10H,1-7H2,(H,15,16). The lowest BCUT2D eigenvalue weighted by Crippen LogP contribution is -2.21. The third-order valence-electron chi connectivity index (χ3n) is 3.48. The lowest BCUT2D eigenvalue weighted by Gasteiger charge is -2.22. The third kappa shape index (κ3) is 4.16. The highest BCUT2D eigenvalue weighted by molar-refractivity contribution is 9.10. The van der Waals surface area contributed by atoms with Crippen molar-refractivity contribution in [2.45, 2.75) is 51.0 Å². The molecule has 1 aliphatic carbocycles. The van der Waals surface area contributed by atoms with Crippen molar-refractivity contribution in [3.63, 3.8) is 0 Å². The van der Waals surface area contributed by atoms with Gasteiger partial charge in [-0.2, -0.15) is 0 Å². The van der Waals surface area contributed by atoms with Crippen LogP contribution in [0, 0.1) is 10.1 Å². The van der Waals surface area contributed by atoms with E-state index in [4.69, 9.17) is 0 Å².